The molecule has 0 heterocycles. The van der Waals surface area contributed by atoms with E-state index in [4.69, 9.17) is 0 Å². The maximum atomic E-state index is 11.8. The van der Waals surface area contributed by atoms with Crippen molar-refractivity contribution in [2.75, 3.05) is 11.9 Å². The van der Waals surface area contributed by atoms with Gasteiger partial charge < -0.3 is 15.7 Å². The average molecular weight is 276 g/mol. The van der Waals surface area contributed by atoms with Crippen molar-refractivity contribution in [1.29, 1.82) is 0 Å². The van der Waals surface area contributed by atoms with Gasteiger partial charge in [0, 0.05) is 12.2 Å². The number of hydrogen-bond acceptors (Lipinski definition) is 2. The zero-order valence-corrected chi connectivity index (χ0v) is 12.1. The molecule has 20 heavy (non-hydrogen) atoms. The number of nitrogens with one attached hydrogen (secondary N) is 2. The molecular formula is C16H24N2O2. The highest BCUT2D eigenvalue weighted by molar-refractivity contribution is 5.89. The fraction of sp³-hybridized carbons (Fsp3) is 0.562. The summed E-state index contributed by atoms with van der Waals surface area (Å²) in [5, 5.41) is 15.6. The lowest BCUT2D eigenvalue weighted by atomic mass is 9.85. The molecule has 1 unspecified atom stereocenters. The second kappa shape index (κ2) is 7.29. The van der Waals surface area contributed by atoms with Crippen molar-refractivity contribution in [3.05, 3.63) is 29.8 Å². The fourth-order valence-corrected chi connectivity index (χ4v) is 2.78. The second-order valence-electron chi connectivity index (χ2n) is 5.67. The van der Waals surface area contributed by atoms with E-state index in [1.54, 1.807) is 0 Å². The summed E-state index contributed by atoms with van der Waals surface area (Å²) in [6.07, 6.45) is 5.36. The minimum Gasteiger partial charge on any atom is -0.391 e. The standard InChI is InChI=1S/C16H24N2O2/c1-12-6-5-9-14(10-12)18-16(20)17-11-15(19)13-7-3-2-4-8-13/h5-6,9-10,13,15,19H,2-4,7-8,11H2,1H3,(H2,17,18,20). The topological polar surface area (TPSA) is 61.4 Å². The van der Waals surface area contributed by atoms with Gasteiger partial charge >= 0.3 is 6.03 Å². The van der Waals surface area contributed by atoms with E-state index in [0.717, 1.165) is 24.1 Å². The third-order valence-electron chi connectivity index (χ3n) is 3.94. The van der Waals surface area contributed by atoms with Gasteiger partial charge in [0.15, 0.2) is 0 Å². The van der Waals surface area contributed by atoms with Gasteiger partial charge in [-0.3, -0.25) is 0 Å². The predicted octanol–water partition coefficient (Wildman–Crippen LogP) is 3.06. The van der Waals surface area contributed by atoms with Crippen molar-refractivity contribution in [1.82, 2.24) is 5.32 Å². The SMILES string of the molecule is Cc1cccc(NC(=O)NCC(O)C2CCCCC2)c1. The van der Waals surface area contributed by atoms with E-state index in [9.17, 15) is 9.90 Å². The van der Waals surface area contributed by atoms with Crippen LogP contribution in [-0.4, -0.2) is 23.8 Å². The summed E-state index contributed by atoms with van der Waals surface area (Å²) in [7, 11) is 0. The van der Waals surface area contributed by atoms with E-state index in [-0.39, 0.29) is 6.03 Å². The number of benzene rings is 1. The highest BCUT2D eigenvalue weighted by Gasteiger charge is 2.21. The molecule has 0 aliphatic heterocycles. The van der Waals surface area contributed by atoms with Crippen LogP contribution in [0.3, 0.4) is 0 Å². The molecule has 1 saturated carbocycles. The van der Waals surface area contributed by atoms with Gasteiger partial charge in [0.2, 0.25) is 0 Å². The monoisotopic (exact) mass is 276 g/mol. The normalized spacial score (nSPS) is 17.5. The molecule has 1 fully saturated rings. The molecule has 0 saturated heterocycles. The Morgan fingerprint density at radius 3 is 2.80 bits per heavy atom. The minimum atomic E-state index is -0.432. The Hall–Kier alpha value is -1.55. The molecule has 1 aromatic rings. The highest BCUT2D eigenvalue weighted by Crippen LogP contribution is 2.26. The lowest BCUT2D eigenvalue weighted by Crippen LogP contribution is -2.39. The van der Waals surface area contributed by atoms with Crippen molar-refractivity contribution < 1.29 is 9.90 Å². The molecule has 1 aliphatic carbocycles. The Bertz CT molecular complexity index is 442. The Morgan fingerprint density at radius 1 is 1.35 bits per heavy atom. The van der Waals surface area contributed by atoms with Crippen LogP contribution in [-0.2, 0) is 0 Å². The van der Waals surface area contributed by atoms with Crippen LogP contribution in [0.15, 0.2) is 24.3 Å². The van der Waals surface area contributed by atoms with Crippen LogP contribution in [0.4, 0.5) is 10.5 Å². The molecule has 0 bridgehead atoms. The lowest BCUT2D eigenvalue weighted by Gasteiger charge is -2.26. The van der Waals surface area contributed by atoms with Crippen molar-refractivity contribution in [2.24, 2.45) is 5.92 Å². The lowest BCUT2D eigenvalue weighted by molar-refractivity contribution is 0.0863. The largest absolute Gasteiger partial charge is 0.391 e. The van der Waals surface area contributed by atoms with Crippen molar-refractivity contribution in [2.45, 2.75) is 45.1 Å². The van der Waals surface area contributed by atoms with Gasteiger partial charge in [0.1, 0.15) is 0 Å². The number of carbonyl (C=O) groups is 1. The van der Waals surface area contributed by atoms with Gasteiger partial charge in [-0.2, -0.15) is 0 Å². The van der Waals surface area contributed by atoms with E-state index >= 15 is 0 Å². The van der Waals surface area contributed by atoms with Gasteiger partial charge in [-0.1, -0.05) is 31.4 Å². The average Bonchev–Trinajstić information content (AvgIpc) is 2.46. The van der Waals surface area contributed by atoms with Crippen LogP contribution in [0.25, 0.3) is 0 Å². The number of aliphatic hydroxyl groups excluding tert-OH is 1. The molecule has 4 heteroatoms. The summed E-state index contributed by atoms with van der Waals surface area (Å²) in [5.41, 5.74) is 1.87. The summed E-state index contributed by atoms with van der Waals surface area (Å²) < 4.78 is 0. The quantitative estimate of drug-likeness (QED) is 0.791. The first-order valence-electron chi connectivity index (χ1n) is 7.45. The van der Waals surface area contributed by atoms with Crippen LogP contribution in [0.1, 0.15) is 37.7 Å². The molecule has 110 valence electrons. The van der Waals surface area contributed by atoms with Crippen LogP contribution in [0, 0.1) is 12.8 Å². The van der Waals surface area contributed by atoms with Gasteiger partial charge in [-0.15, -0.1) is 0 Å². The first-order chi connectivity index (χ1) is 9.65. The van der Waals surface area contributed by atoms with E-state index in [0.29, 0.717) is 12.5 Å². The van der Waals surface area contributed by atoms with Gasteiger partial charge in [-0.05, 0) is 43.4 Å². The molecule has 3 N–H and O–H groups in total. The molecule has 0 spiro atoms. The number of urea groups is 1. The molecule has 1 aliphatic rings. The number of hydrogen-bond donors (Lipinski definition) is 3. The van der Waals surface area contributed by atoms with Gasteiger partial charge in [0.25, 0.3) is 0 Å². The summed E-state index contributed by atoms with van der Waals surface area (Å²) in [6.45, 7) is 2.30. The van der Waals surface area contributed by atoms with E-state index < -0.39 is 6.10 Å². The van der Waals surface area contributed by atoms with Crippen LogP contribution in [0.5, 0.6) is 0 Å². The minimum absolute atomic E-state index is 0.259. The van der Waals surface area contributed by atoms with Crippen LogP contribution < -0.4 is 10.6 Å². The molecule has 4 nitrogen and oxygen atoms in total. The number of aliphatic hydroxyl groups is 1. The predicted molar refractivity (Wildman–Crippen MR) is 80.8 cm³/mol. The number of carbonyl (C=O) groups excluding carboxylic acids is 1. The maximum absolute atomic E-state index is 11.8. The molecule has 1 atom stereocenters. The third kappa shape index (κ3) is 4.53. The van der Waals surface area contributed by atoms with E-state index in [1.165, 1.54) is 19.3 Å². The number of aryl methyl sites for hydroxylation is 1. The summed E-state index contributed by atoms with van der Waals surface area (Å²) in [4.78, 5) is 11.8. The molecule has 2 amide bonds. The fourth-order valence-electron chi connectivity index (χ4n) is 2.78. The molecule has 1 aromatic carbocycles. The van der Waals surface area contributed by atoms with Crippen LogP contribution in [0.2, 0.25) is 0 Å². The maximum Gasteiger partial charge on any atom is 0.319 e. The molecular weight excluding hydrogens is 252 g/mol. The van der Waals surface area contributed by atoms with Crippen LogP contribution >= 0.6 is 0 Å². The molecule has 0 radical (unpaired) electrons. The van der Waals surface area contributed by atoms with Crippen molar-refractivity contribution in [3.63, 3.8) is 0 Å². The highest BCUT2D eigenvalue weighted by atomic mass is 16.3. The number of anilines is 1. The van der Waals surface area contributed by atoms with Crippen molar-refractivity contribution in [3.8, 4) is 0 Å². The van der Waals surface area contributed by atoms with Gasteiger partial charge in [0.05, 0.1) is 6.10 Å². The van der Waals surface area contributed by atoms with Crippen molar-refractivity contribution >= 4 is 11.7 Å². The van der Waals surface area contributed by atoms with E-state index in [1.807, 2.05) is 31.2 Å². The Kier molecular flexibility index (Phi) is 5.41. The number of amides is 2. The van der Waals surface area contributed by atoms with Gasteiger partial charge in [-0.25, -0.2) is 4.79 Å². The Morgan fingerprint density at radius 2 is 2.10 bits per heavy atom. The molecule has 2 rings (SSSR count). The first-order valence-corrected chi connectivity index (χ1v) is 7.45. The molecule has 0 aromatic heterocycles. The Labute approximate surface area is 120 Å². The first kappa shape index (κ1) is 14.9. The summed E-state index contributed by atoms with van der Waals surface area (Å²) >= 11 is 0. The second-order valence-corrected chi connectivity index (χ2v) is 5.67. The number of rotatable bonds is 4. The summed E-state index contributed by atoms with van der Waals surface area (Å²) in [6, 6.07) is 7.39. The van der Waals surface area contributed by atoms with E-state index in [2.05, 4.69) is 10.6 Å². The Balaban J connectivity index is 1.74. The zero-order chi connectivity index (χ0) is 14.4. The zero-order valence-electron chi connectivity index (χ0n) is 12.1. The smallest absolute Gasteiger partial charge is 0.319 e. The summed E-state index contributed by atoms with van der Waals surface area (Å²) in [5.74, 6) is 0.336. The third-order valence-corrected chi connectivity index (χ3v) is 3.94.